The van der Waals surface area contributed by atoms with Crippen LogP contribution in [0.2, 0.25) is 0 Å². The van der Waals surface area contributed by atoms with Crippen LogP contribution in [0.1, 0.15) is 6.42 Å². The van der Waals surface area contributed by atoms with E-state index in [4.69, 9.17) is 0 Å². The molecule has 5 nitrogen and oxygen atoms in total. The van der Waals surface area contributed by atoms with Crippen LogP contribution in [0.15, 0.2) is 76.4 Å². The third kappa shape index (κ3) is 4.56. The van der Waals surface area contributed by atoms with E-state index >= 15 is 0 Å². The highest BCUT2D eigenvalue weighted by molar-refractivity contribution is 9.10. The van der Waals surface area contributed by atoms with Crippen LogP contribution < -0.4 is 4.72 Å². The fraction of sp³-hybridized carbons (Fsp3) is 0.167. The molecule has 7 heteroatoms. The van der Waals surface area contributed by atoms with E-state index in [0.717, 1.165) is 15.9 Å². The molecule has 1 heterocycles. The van der Waals surface area contributed by atoms with E-state index in [0.29, 0.717) is 19.5 Å². The van der Waals surface area contributed by atoms with Crippen molar-refractivity contribution in [2.75, 3.05) is 6.54 Å². The number of imidazole rings is 1. The van der Waals surface area contributed by atoms with Gasteiger partial charge in [0.1, 0.15) is 5.82 Å². The number of benzene rings is 2. The van der Waals surface area contributed by atoms with Gasteiger partial charge in [0, 0.05) is 35.5 Å². The van der Waals surface area contributed by atoms with Crippen LogP contribution in [-0.4, -0.2) is 24.5 Å². The van der Waals surface area contributed by atoms with Gasteiger partial charge >= 0.3 is 0 Å². The summed E-state index contributed by atoms with van der Waals surface area (Å²) in [4.78, 5) is 4.66. The summed E-state index contributed by atoms with van der Waals surface area (Å²) in [5.74, 6) is 0.886. The van der Waals surface area contributed by atoms with Crippen molar-refractivity contribution in [2.45, 2.75) is 17.9 Å². The highest BCUT2D eigenvalue weighted by Gasteiger charge is 2.13. The second-order valence-electron chi connectivity index (χ2n) is 5.52. The Morgan fingerprint density at radius 1 is 1.04 bits per heavy atom. The third-order valence-electron chi connectivity index (χ3n) is 3.74. The molecule has 0 atom stereocenters. The topological polar surface area (TPSA) is 64.0 Å². The molecule has 3 rings (SSSR count). The molecule has 0 amide bonds. The molecule has 1 N–H and O–H groups in total. The van der Waals surface area contributed by atoms with Crippen molar-refractivity contribution in [3.63, 3.8) is 0 Å². The Labute approximate surface area is 155 Å². The van der Waals surface area contributed by atoms with Crippen LogP contribution in [0.3, 0.4) is 0 Å². The summed E-state index contributed by atoms with van der Waals surface area (Å²) in [7, 11) is -3.48. The number of halogens is 1. The molecule has 0 fully saturated rings. The summed E-state index contributed by atoms with van der Waals surface area (Å²) < 4.78 is 30.0. The van der Waals surface area contributed by atoms with E-state index in [1.165, 1.54) is 0 Å². The number of rotatable bonds is 7. The quantitative estimate of drug-likeness (QED) is 0.593. The summed E-state index contributed by atoms with van der Waals surface area (Å²) in [5, 5.41) is 0. The zero-order valence-electron chi connectivity index (χ0n) is 13.5. The summed E-state index contributed by atoms with van der Waals surface area (Å²) in [6, 6.07) is 16.5. The van der Waals surface area contributed by atoms with Crippen molar-refractivity contribution in [2.24, 2.45) is 0 Å². The number of nitrogens with one attached hydrogen (secondary N) is 1. The molecular weight excluding hydrogens is 402 g/mol. The van der Waals surface area contributed by atoms with Crippen LogP contribution in [0.5, 0.6) is 0 Å². The van der Waals surface area contributed by atoms with Gasteiger partial charge in [-0.15, -0.1) is 0 Å². The van der Waals surface area contributed by atoms with Crippen molar-refractivity contribution in [3.05, 3.63) is 71.5 Å². The number of nitrogens with zero attached hydrogens (tertiary/aromatic N) is 2. The van der Waals surface area contributed by atoms with Crippen LogP contribution in [0.4, 0.5) is 0 Å². The maximum absolute atomic E-state index is 12.2. The Kier molecular flexibility index (Phi) is 5.67. The van der Waals surface area contributed by atoms with Crippen LogP contribution >= 0.6 is 15.9 Å². The Balaban J connectivity index is 1.58. The Morgan fingerprint density at radius 2 is 1.76 bits per heavy atom. The smallest absolute Gasteiger partial charge is 0.240 e. The van der Waals surface area contributed by atoms with E-state index in [-0.39, 0.29) is 4.90 Å². The number of hydrogen-bond donors (Lipinski definition) is 1. The minimum atomic E-state index is -3.48. The Hall–Kier alpha value is -1.96. The van der Waals surface area contributed by atoms with Gasteiger partial charge < -0.3 is 4.57 Å². The zero-order chi connectivity index (χ0) is 17.7. The SMILES string of the molecule is O=S(=O)(NCCCn1ccnc1-c1ccccc1)c1ccc(Br)cc1. The first-order valence-corrected chi connectivity index (χ1v) is 10.2. The molecule has 2 aromatic carbocycles. The minimum Gasteiger partial charge on any atom is -0.331 e. The highest BCUT2D eigenvalue weighted by Crippen LogP contribution is 2.17. The molecule has 0 aliphatic heterocycles. The van der Waals surface area contributed by atoms with Gasteiger partial charge in [-0.25, -0.2) is 18.1 Å². The van der Waals surface area contributed by atoms with Crippen molar-refractivity contribution < 1.29 is 8.42 Å². The Morgan fingerprint density at radius 3 is 2.48 bits per heavy atom. The molecule has 0 saturated carbocycles. The lowest BCUT2D eigenvalue weighted by Crippen LogP contribution is -2.25. The van der Waals surface area contributed by atoms with Gasteiger partial charge in [-0.3, -0.25) is 0 Å². The molecule has 130 valence electrons. The van der Waals surface area contributed by atoms with Crippen molar-refractivity contribution >= 4 is 26.0 Å². The van der Waals surface area contributed by atoms with E-state index in [9.17, 15) is 8.42 Å². The predicted molar refractivity (Wildman–Crippen MR) is 102 cm³/mol. The fourth-order valence-electron chi connectivity index (χ4n) is 2.49. The van der Waals surface area contributed by atoms with E-state index in [2.05, 4.69) is 25.6 Å². The monoisotopic (exact) mass is 419 g/mol. The van der Waals surface area contributed by atoms with Gasteiger partial charge in [-0.05, 0) is 30.7 Å². The molecule has 3 aromatic rings. The summed E-state index contributed by atoms with van der Waals surface area (Å²) in [6.45, 7) is 1.05. The Bertz CT molecular complexity index is 922. The van der Waals surface area contributed by atoms with Crippen LogP contribution in [0.25, 0.3) is 11.4 Å². The average Bonchev–Trinajstić information content (AvgIpc) is 3.08. The van der Waals surface area contributed by atoms with Crippen LogP contribution in [-0.2, 0) is 16.6 Å². The largest absolute Gasteiger partial charge is 0.331 e. The molecule has 0 saturated heterocycles. The highest BCUT2D eigenvalue weighted by atomic mass is 79.9. The van der Waals surface area contributed by atoms with Gasteiger partial charge in [0.2, 0.25) is 10.0 Å². The molecule has 0 radical (unpaired) electrons. The molecule has 0 aliphatic rings. The fourth-order valence-corrected chi connectivity index (χ4v) is 3.83. The summed E-state index contributed by atoms with van der Waals surface area (Å²) >= 11 is 3.30. The van der Waals surface area contributed by atoms with Crippen LogP contribution in [0, 0.1) is 0 Å². The lowest BCUT2D eigenvalue weighted by atomic mass is 10.2. The van der Waals surface area contributed by atoms with E-state index in [1.54, 1.807) is 30.5 Å². The molecule has 0 spiro atoms. The molecular formula is C18H18BrN3O2S. The zero-order valence-corrected chi connectivity index (χ0v) is 15.9. The number of sulfonamides is 1. The second-order valence-corrected chi connectivity index (χ2v) is 8.20. The first kappa shape index (κ1) is 17.8. The summed E-state index contributed by atoms with van der Waals surface area (Å²) in [5.41, 5.74) is 1.04. The van der Waals surface area contributed by atoms with Gasteiger partial charge in [-0.1, -0.05) is 46.3 Å². The van der Waals surface area contributed by atoms with E-state index < -0.39 is 10.0 Å². The molecule has 0 bridgehead atoms. The van der Waals surface area contributed by atoms with Gasteiger partial charge in [-0.2, -0.15) is 0 Å². The molecule has 25 heavy (non-hydrogen) atoms. The number of aromatic nitrogens is 2. The minimum absolute atomic E-state index is 0.267. The lowest BCUT2D eigenvalue weighted by molar-refractivity contribution is 0.570. The van der Waals surface area contributed by atoms with Gasteiger partial charge in [0.05, 0.1) is 4.90 Å². The number of aryl methyl sites for hydroxylation is 1. The molecule has 1 aromatic heterocycles. The average molecular weight is 420 g/mol. The van der Waals surface area contributed by atoms with Crippen molar-refractivity contribution in [1.29, 1.82) is 0 Å². The third-order valence-corrected chi connectivity index (χ3v) is 5.74. The second kappa shape index (κ2) is 7.95. The molecule has 0 aliphatic carbocycles. The van der Waals surface area contributed by atoms with Gasteiger partial charge in [0.25, 0.3) is 0 Å². The number of hydrogen-bond acceptors (Lipinski definition) is 3. The summed E-state index contributed by atoms with van der Waals surface area (Å²) in [6.07, 6.45) is 4.34. The van der Waals surface area contributed by atoms with Gasteiger partial charge in [0.15, 0.2) is 0 Å². The van der Waals surface area contributed by atoms with E-state index in [1.807, 2.05) is 41.1 Å². The first-order valence-electron chi connectivity index (χ1n) is 7.88. The lowest BCUT2D eigenvalue weighted by Gasteiger charge is -2.09. The van der Waals surface area contributed by atoms with Crippen molar-refractivity contribution in [3.8, 4) is 11.4 Å². The molecule has 0 unspecified atom stereocenters. The standard InChI is InChI=1S/C18H18BrN3O2S/c19-16-7-9-17(10-8-16)25(23,24)21-11-4-13-22-14-12-20-18(22)15-5-2-1-3-6-15/h1-3,5-10,12,14,21H,4,11,13H2. The maximum Gasteiger partial charge on any atom is 0.240 e. The predicted octanol–water partition coefficient (Wildman–Crippen LogP) is 3.68. The van der Waals surface area contributed by atoms with Crippen molar-refractivity contribution in [1.82, 2.24) is 14.3 Å². The maximum atomic E-state index is 12.2. The first-order chi connectivity index (χ1) is 12.1. The normalized spacial score (nSPS) is 11.6.